The van der Waals surface area contributed by atoms with Gasteiger partial charge >= 0.3 is 0 Å². The van der Waals surface area contributed by atoms with Gasteiger partial charge in [0.2, 0.25) is 0 Å². The van der Waals surface area contributed by atoms with E-state index in [9.17, 15) is 5.21 Å². The SMILES string of the molecule is CC(C)C1=CN=C[NH+]1[O-]. The summed E-state index contributed by atoms with van der Waals surface area (Å²) in [6.45, 7) is 3.97. The molecule has 0 fully saturated rings. The topological polar surface area (TPSA) is 39.9 Å². The number of hydrogen-bond donors (Lipinski definition) is 1. The summed E-state index contributed by atoms with van der Waals surface area (Å²) >= 11 is 0. The van der Waals surface area contributed by atoms with Crippen LogP contribution in [0.15, 0.2) is 16.9 Å². The fourth-order valence-electron chi connectivity index (χ4n) is 0.757. The first kappa shape index (κ1) is 6.45. The molecular formula is C6H10N2O. The maximum absolute atomic E-state index is 10.8. The summed E-state index contributed by atoms with van der Waals surface area (Å²) in [5, 5.41) is 10.9. The van der Waals surface area contributed by atoms with Gasteiger partial charge in [-0.1, -0.05) is 13.8 Å². The molecule has 50 valence electrons. The number of aliphatic imine (C=N–C) groups is 1. The molecule has 1 heterocycles. The summed E-state index contributed by atoms with van der Waals surface area (Å²) in [5.41, 5.74) is 0.815. The van der Waals surface area contributed by atoms with E-state index in [1.54, 1.807) is 6.20 Å². The Hall–Kier alpha value is -0.670. The van der Waals surface area contributed by atoms with E-state index in [0.29, 0.717) is 5.92 Å². The first-order chi connectivity index (χ1) is 4.22. The van der Waals surface area contributed by atoms with Gasteiger partial charge in [0.05, 0.1) is 6.20 Å². The smallest absolute Gasteiger partial charge is 0.193 e. The maximum atomic E-state index is 10.8. The maximum Gasteiger partial charge on any atom is 0.193 e. The molecule has 1 N–H and O–H groups in total. The number of hydroxylamine groups is 2. The second-order valence-electron chi connectivity index (χ2n) is 2.38. The Kier molecular flexibility index (Phi) is 1.64. The lowest BCUT2D eigenvalue weighted by molar-refractivity contribution is -0.694. The molecule has 1 aliphatic heterocycles. The first-order valence-corrected chi connectivity index (χ1v) is 2.99. The Morgan fingerprint density at radius 1 is 1.67 bits per heavy atom. The molecule has 0 radical (unpaired) electrons. The molecule has 0 aromatic carbocycles. The van der Waals surface area contributed by atoms with Crippen molar-refractivity contribution in [2.75, 3.05) is 0 Å². The highest BCUT2D eigenvalue weighted by Crippen LogP contribution is 2.02. The van der Waals surface area contributed by atoms with Crippen LogP contribution in [0.5, 0.6) is 0 Å². The molecule has 3 heteroatoms. The Morgan fingerprint density at radius 2 is 2.33 bits per heavy atom. The number of allylic oxidation sites excluding steroid dienone is 1. The molecule has 1 aliphatic rings. The van der Waals surface area contributed by atoms with Crippen LogP contribution in [0, 0.1) is 11.1 Å². The van der Waals surface area contributed by atoms with Gasteiger partial charge in [0, 0.05) is 5.92 Å². The number of hydrogen-bond acceptors (Lipinski definition) is 2. The number of nitrogens with one attached hydrogen (secondary N) is 1. The predicted octanol–water partition coefficient (Wildman–Crippen LogP) is -0.0916. The fraction of sp³-hybridized carbons (Fsp3) is 0.500. The van der Waals surface area contributed by atoms with E-state index in [1.165, 1.54) is 6.34 Å². The predicted molar refractivity (Wildman–Crippen MR) is 35.7 cm³/mol. The molecule has 0 saturated carbocycles. The summed E-state index contributed by atoms with van der Waals surface area (Å²) in [7, 11) is 0. The van der Waals surface area contributed by atoms with Crippen molar-refractivity contribution in [1.82, 2.24) is 0 Å². The normalized spacial score (nSPS) is 25.3. The van der Waals surface area contributed by atoms with Gasteiger partial charge in [-0.25, -0.2) is 4.99 Å². The van der Waals surface area contributed by atoms with Gasteiger partial charge in [0.15, 0.2) is 6.34 Å². The van der Waals surface area contributed by atoms with Crippen molar-refractivity contribution in [2.24, 2.45) is 10.9 Å². The largest absolute Gasteiger partial charge is 0.623 e. The molecule has 0 spiro atoms. The van der Waals surface area contributed by atoms with Crippen LogP contribution in [0.3, 0.4) is 0 Å². The van der Waals surface area contributed by atoms with Crippen LogP contribution in [0.1, 0.15) is 13.8 Å². The van der Waals surface area contributed by atoms with E-state index in [1.807, 2.05) is 13.8 Å². The summed E-state index contributed by atoms with van der Waals surface area (Å²) in [6.07, 6.45) is 2.99. The standard InChI is InChI=1S/C6H10N2O/c1-5(2)6-3-7-4-8(6)9/h3-5,8H,1-2H3. The van der Waals surface area contributed by atoms with Gasteiger partial charge in [-0.3, -0.25) is 5.06 Å². The van der Waals surface area contributed by atoms with E-state index in [4.69, 9.17) is 0 Å². The number of quaternary nitrogens is 1. The molecule has 0 bridgehead atoms. The highest BCUT2D eigenvalue weighted by atomic mass is 16.5. The fourth-order valence-corrected chi connectivity index (χ4v) is 0.757. The zero-order valence-electron chi connectivity index (χ0n) is 5.59. The summed E-state index contributed by atoms with van der Waals surface area (Å²) in [5.74, 6) is 0.306. The molecule has 1 atom stereocenters. The van der Waals surface area contributed by atoms with E-state index in [-0.39, 0.29) is 5.06 Å². The van der Waals surface area contributed by atoms with Crippen molar-refractivity contribution in [2.45, 2.75) is 13.8 Å². The van der Waals surface area contributed by atoms with Crippen LogP contribution in [0.25, 0.3) is 0 Å². The minimum atomic E-state index is 0.0602. The van der Waals surface area contributed by atoms with E-state index in [2.05, 4.69) is 4.99 Å². The third kappa shape index (κ3) is 1.17. The summed E-state index contributed by atoms with van der Waals surface area (Å²) < 4.78 is 0. The van der Waals surface area contributed by atoms with Gasteiger partial charge in [-0.05, 0) is 0 Å². The molecule has 1 unspecified atom stereocenters. The summed E-state index contributed by atoms with van der Waals surface area (Å²) in [6, 6.07) is 0. The molecule has 0 aromatic rings. The van der Waals surface area contributed by atoms with Crippen LogP contribution in [0.2, 0.25) is 0 Å². The van der Waals surface area contributed by atoms with Gasteiger partial charge in [0.25, 0.3) is 0 Å². The first-order valence-electron chi connectivity index (χ1n) is 2.99. The molecule has 1 rings (SSSR count). The molecule has 9 heavy (non-hydrogen) atoms. The Bertz CT molecular complexity index is 160. The summed E-state index contributed by atoms with van der Waals surface area (Å²) in [4.78, 5) is 3.73. The van der Waals surface area contributed by atoms with E-state index < -0.39 is 0 Å². The Morgan fingerprint density at radius 3 is 2.56 bits per heavy atom. The molecule has 0 saturated heterocycles. The van der Waals surface area contributed by atoms with E-state index >= 15 is 0 Å². The third-order valence-electron chi connectivity index (χ3n) is 1.31. The quantitative estimate of drug-likeness (QED) is 0.490. The highest BCUT2D eigenvalue weighted by molar-refractivity contribution is 5.49. The second-order valence-corrected chi connectivity index (χ2v) is 2.38. The van der Waals surface area contributed by atoms with Crippen LogP contribution in [-0.4, -0.2) is 6.34 Å². The number of nitrogens with zero attached hydrogens (tertiary/aromatic N) is 1. The highest BCUT2D eigenvalue weighted by Gasteiger charge is 2.12. The molecule has 0 aliphatic carbocycles. The van der Waals surface area contributed by atoms with Gasteiger partial charge in [-0.2, -0.15) is 0 Å². The van der Waals surface area contributed by atoms with Crippen molar-refractivity contribution in [1.29, 1.82) is 0 Å². The average Bonchev–Trinajstić information content (AvgIpc) is 2.13. The van der Waals surface area contributed by atoms with Crippen molar-refractivity contribution in [3.8, 4) is 0 Å². The zero-order valence-corrected chi connectivity index (χ0v) is 5.59. The Balaban J connectivity index is 2.64. The van der Waals surface area contributed by atoms with Gasteiger partial charge < -0.3 is 5.21 Å². The molecule has 3 nitrogen and oxygen atoms in total. The van der Waals surface area contributed by atoms with Crippen LogP contribution < -0.4 is 5.06 Å². The van der Waals surface area contributed by atoms with E-state index in [0.717, 1.165) is 5.70 Å². The Labute approximate surface area is 54.3 Å². The van der Waals surface area contributed by atoms with Crippen molar-refractivity contribution >= 4 is 6.34 Å². The minimum absolute atomic E-state index is 0.0602. The van der Waals surface area contributed by atoms with Crippen LogP contribution in [0.4, 0.5) is 0 Å². The zero-order chi connectivity index (χ0) is 6.85. The molecular weight excluding hydrogens is 116 g/mol. The lowest BCUT2D eigenvalue weighted by Gasteiger charge is -2.16. The van der Waals surface area contributed by atoms with Crippen LogP contribution in [-0.2, 0) is 0 Å². The van der Waals surface area contributed by atoms with Gasteiger partial charge in [0.1, 0.15) is 5.70 Å². The average molecular weight is 126 g/mol. The van der Waals surface area contributed by atoms with Crippen molar-refractivity contribution < 1.29 is 5.06 Å². The second kappa shape index (κ2) is 2.29. The number of rotatable bonds is 1. The molecule has 0 aromatic heterocycles. The van der Waals surface area contributed by atoms with Crippen molar-refractivity contribution in [3.05, 3.63) is 17.1 Å². The lowest BCUT2D eigenvalue weighted by atomic mass is 10.1. The monoisotopic (exact) mass is 126 g/mol. The lowest BCUT2D eigenvalue weighted by Crippen LogP contribution is -3.03. The van der Waals surface area contributed by atoms with Crippen LogP contribution >= 0.6 is 0 Å². The third-order valence-corrected chi connectivity index (χ3v) is 1.31. The minimum Gasteiger partial charge on any atom is -0.623 e. The van der Waals surface area contributed by atoms with Crippen molar-refractivity contribution in [3.63, 3.8) is 0 Å². The van der Waals surface area contributed by atoms with Gasteiger partial charge in [-0.15, -0.1) is 0 Å². The molecule has 0 amide bonds.